The summed E-state index contributed by atoms with van der Waals surface area (Å²) in [6.07, 6.45) is 1.38. The maximum atomic E-state index is 14.9. The molecule has 2 amide bonds. The summed E-state index contributed by atoms with van der Waals surface area (Å²) in [5.74, 6) is -3.37. The second kappa shape index (κ2) is 8.45. The number of anilines is 1. The lowest BCUT2D eigenvalue weighted by Crippen LogP contribution is -2.43. The lowest BCUT2D eigenvalue weighted by molar-refractivity contribution is -0.135. The molecule has 3 heterocycles. The van der Waals surface area contributed by atoms with Crippen LogP contribution in [0, 0.1) is 12.7 Å². The van der Waals surface area contributed by atoms with Crippen LogP contribution in [0.2, 0.25) is 0 Å². The predicted octanol–water partition coefficient (Wildman–Crippen LogP) is 2.78. The van der Waals surface area contributed by atoms with E-state index in [1.807, 2.05) is 0 Å². The normalized spacial score (nSPS) is 16.2. The van der Waals surface area contributed by atoms with Crippen molar-refractivity contribution >= 4 is 17.6 Å². The molecule has 1 fully saturated rings. The highest BCUT2D eigenvalue weighted by atomic mass is 19.3. The number of nitrogen functional groups attached to an aromatic ring is 1. The number of carbonyl (C=O) groups excluding carboxylic acids is 2. The third-order valence-electron chi connectivity index (χ3n) is 5.13. The van der Waals surface area contributed by atoms with Gasteiger partial charge in [-0.3, -0.25) is 19.5 Å². The number of halogens is 3. The molecule has 0 bridgehead atoms. The molecule has 33 heavy (non-hydrogen) atoms. The third-order valence-corrected chi connectivity index (χ3v) is 5.13. The van der Waals surface area contributed by atoms with E-state index in [-0.39, 0.29) is 47.0 Å². The van der Waals surface area contributed by atoms with Crippen LogP contribution >= 0.6 is 0 Å². The first-order chi connectivity index (χ1) is 15.6. The van der Waals surface area contributed by atoms with E-state index in [1.54, 1.807) is 0 Å². The smallest absolute Gasteiger partial charge is 0.420 e. The molecule has 0 saturated carbocycles. The number of rotatable bonds is 5. The number of imide groups is 1. The van der Waals surface area contributed by atoms with Crippen molar-refractivity contribution < 1.29 is 31.9 Å². The fourth-order valence-electron chi connectivity index (χ4n) is 3.59. The summed E-state index contributed by atoms with van der Waals surface area (Å²) >= 11 is 0. The number of nitrogens with one attached hydrogen (secondary N) is 1. The number of nitrogens with two attached hydrogens (primary N) is 1. The van der Waals surface area contributed by atoms with Crippen LogP contribution in [0.15, 0.2) is 39.7 Å². The highest BCUT2D eigenvalue weighted by molar-refractivity contribution is 5.99. The Balaban J connectivity index is 1.65. The topological polar surface area (TPSA) is 129 Å². The van der Waals surface area contributed by atoms with Gasteiger partial charge < -0.3 is 14.9 Å². The molecule has 1 aliphatic heterocycles. The molecular formula is C21H17F3N4O5. The van der Waals surface area contributed by atoms with Crippen molar-refractivity contribution in [3.05, 3.63) is 52.4 Å². The van der Waals surface area contributed by atoms with Gasteiger partial charge in [0.1, 0.15) is 11.9 Å². The molecule has 1 atom stereocenters. The average molecular weight is 462 g/mol. The standard InChI is InChI=1S/C21H17F3N4O5/c1-9-6-13(26-18(25)17(9)33-20(23)24)10-2-3-11(12(22)7-10)15-8-28(21(31)32-15)14-4-5-16(29)27-19(14)30/h2-3,6-8,14,20H,4-5H2,1H3,(H2,25,26)(H,27,29,30)/t14-/m0/s1. The van der Waals surface area contributed by atoms with Gasteiger partial charge in [0, 0.05) is 12.0 Å². The minimum atomic E-state index is -3.07. The van der Waals surface area contributed by atoms with E-state index in [1.165, 1.54) is 31.3 Å². The van der Waals surface area contributed by atoms with Gasteiger partial charge in [-0.15, -0.1) is 0 Å². The van der Waals surface area contributed by atoms with Crippen LogP contribution in [-0.2, 0) is 9.59 Å². The Kier molecular flexibility index (Phi) is 5.66. The Labute approximate surface area is 184 Å². The van der Waals surface area contributed by atoms with Crippen molar-refractivity contribution in [2.24, 2.45) is 0 Å². The van der Waals surface area contributed by atoms with Gasteiger partial charge in [0.25, 0.3) is 0 Å². The molecule has 1 aromatic carbocycles. The van der Waals surface area contributed by atoms with E-state index in [0.29, 0.717) is 5.56 Å². The molecule has 3 aromatic rings. The molecular weight excluding hydrogens is 445 g/mol. The number of benzene rings is 1. The average Bonchev–Trinajstić information content (AvgIpc) is 3.11. The number of oxazole rings is 1. The number of amides is 2. The van der Waals surface area contributed by atoms with Gasteiger partial charge in [0.15, 0.2) is 17.3 Å². The molecule has 1 saturated heterocycles. The monoisotopic (exact) mass is 462 g/mol. The van der Waals surface area contributed by atoms with Crippen molar-refractivity contribution in [1.29, 1.82) is 0 Å². The number of carbonyl (C=O) groups is 2. The Morgan fingerprint density at radius 3 is 2.67 bits per heavy atom. The number of hydrogen-bond acceptors (Lipinski definition) is 7. The van der Waals surface area contributed by atoms with Crippen LogP contribution in [0.4, 0.5) is 19.0 Å². The minimum absolute atomic E-state index is 0.0516. The summed E-state index contributed by atoms with van der Waals surface area (Å²) in [5.41, 5.74) is 6.46. The Morgan fingerprint density at radius 2 is 2.03 bits per heavy atom. The van der Waals surface area contributed by atoms with Crippen LogP contribution in [0.5, 0.6) is 5.75 Å². The second-order valence-corrected chi connectivity index (χ2v) is 7.35. The van der Waals surface area contributed by atoms with Crippen molar-refractivity contribution in [3.8, 4) is 28.3 Å². The molecule has 4 rings (SSSR count). The van der Waals surface area contributed by atoms with E-state index in [4.69, 9.17) is 10.2 Å². The Hall–Kier alpha value is -4.09. The molecule has 0 radical (unpaired) electrons. The second-order valence-electron chi connectivity index (χ2n) is 7.35. The molecule has 0 aliphatic carbocycles. The quantitative estimate of drug-likeness (QED) is 0.558. The lowest BCUT2D eigenvalue weighted by atomic mass is 10.0. The molecule has 172 valence electrons. The van der Waals surface area contributed by atoms with E-state index in [0.717, 1.165) is 10.6 Å². The van der Waals surface area contributed by atoms with E-state index in [2.05, 4.69) is 15.0 Å². The third kappa shape index (κ3) is 4.31. The maximum absolute atomic E-state index is 14.9. The number of nitrogens with zero attached hydrogens (tertiary/aromatic N) is 2. The van der Waals surface area contributed by atoms with Gasteiger partial charge in [0.2, 0.25) is 11.8 Å². The van der Waals surface area contributed by atoms with E-state index < -0.39 is 36.0 Å². The fourth-order valence-corrected chi connectivity index (χ4v) is 3.59. The number of piperidine rings is 1. The number of ether oxygens (including phenoxy) is 1. The summed E-state index contributed by atoms with van der Waals surface area (Å²) in [5, 5.41) is 2.14. The van der Waals surface area contributed by atoms with Gasteiger partial charge in [-0.25, -0.2) is 14.2 Å². The summed E-state index contributed by atoms with van der Waals surface area (Å²) in [4.78, 5) is 39.6. The highest BCUT2D eigenvalue weighted by Crippen LogP contribution is 2.33. The maximum Gasteiger partial charge on any atom is 0.420 e. The molecule has 0 unspecified atom stereocenters. The van der Waals surface area contributed by atoms with Gasteiger partial charge in [0.05, 0.1) is 17.5 Å². The van der Waals surface area contributed by atoms with Gasteiger partial charge >= 0.3 is 12.4 Å². The molecule has 9 nitrogen and oxygen atoms in total. The van der Waals surface area contributed by atoms with Crippen molar-refractivity contribution in [2.75, 3.05) is 5.73 Å². The molecule has 12 heteroatoms. The van der Waals surface area contributed by atoms with Gasteiger partial charge in [-0.05, 0) is 37.1 Å². The number of alkyl halides is 2. The number of hydrogen-bond donors (Lipinski definition) is 2. The summed E-state index contributed by atoms with van der Waals surface area (Å²) < 4.78 is 50.5. The van der Waals surface area contributed by atoms with Crippen LogP contribution < -0.4 is 21.5 Å². The highest BCUT2D eigenvalue weighted by Gasteiger charge is 2.30. The summed E-state index contributed by atoms with van der Waals surface area (Å²) in [6, 6.07) is 4.42. The molecule has 1 aliphatic rings. The van der Waals surface area contributed by atoms with Crippen LogP contribution in [0.3, 0.4) is 0 Å². The predicted molar refractivity (Wildman–Crippen MR) is 109 cm³/mol. The van der Waals surface area contributed by atoms with Gasteiger partial charge in [-0.1, -0.05) is 6.07 Å². The van der Waals surface area contributed by atoms with Crippen molar-refractivity contribution in [3.63, 3.8) is 0 Å². The lowest BCUT2D eigenvalue weighted by Gasteiger charge is -2.20. The van der Waals surface area contributed by atoms with E-state index in [9.17, 15) is 27.6 Å². The van der Waals surface area contributed by atoms with Crippen LogP contribution in [-0.4, -0.2) is 28.0 Å². The van der Waals surface area contributed by atoms with Gasteiger partial charge in [-0.2, -0.15) is 8.78 Å². The zero-order valence-electron chi connectivity index (χ0n) is 17.1. The van der Waals surface area contributed by atoms with E-state index >= 15 is 0 Å². The largest absolute Gasteiger partial charge is 0.431 e. The zero-order valence-corrected chi connectivity index (χ0v) is 17.1. The Bertz CT molecular complexity index is 1290. The Morgan fingerprint density at radius 1 is 1.27 bits per heavy atom. The van der Waals surface area contributed by atoms with Crippen molar-refractivity contribution in [2.45, 2.75) is 32.4 Å². The zero-order chi connectivity index (χ0) is 23.9. The molecule has 2 aromatic heterocycles. The first-order valence-electron chi connectivity index (χ1n) is 9.72. The minimum Gasteiger partial charge on any atom is -0.431 e. The SMILES string of the molecule is Cc1cc(-c2ccc(-c3cn([C@H]4CCC(=O)NC4=O)c(=O)o3)c(F)c2)nc(N)c1OC(F)F. The molecule has 3 N–H and O–H groups in total. The van der Waals surface area contributed by atoms with Crippen molar-refractivity contribution in [1.82, 2.24) is 14.9 Å². The summed E-state index contributed by atoms with van der Waals surface area (Å²) in [6.45, 7) is -1.58. The fraction of sp³-hybridized carbons (Fsp3) is 0.238. The first kappa shape index (κ1) is 22.1. The number of aromatic nitrogens is 2. The molecule has 0 spiro atoms. The summed E-state index contributed by atoms with van der Waals surface area (Å²) in [7, 11) is 0. The van der Waals surface area contributed by atoms with Crippen LogP contribution in [0.25, 0.3) is 22.6 Å². The number of aryl methyl sites for hydroxylation is 1. The van der Waals surface area contributed by atoms with Crippen LogP contribution in [0.1, 0.15) is 24.4 Å². The number of pyridine rings is 1. The first-order valence-corrected chi connectivity index (χ1v) is 9.72.